The molecule has 0 aromatic carbocycles. The zero-order valence-corrected chi connectivity index (χ0v) is 13.8. The van der Waals surface area contributed by atoms with Crippen LogP contribution >= 0.6 is 0 Å². The molecule has 1 aromatic heterocycles. The number of aliphatic hydroxyl groups excluding tert-OH is 1. The van der Waals surface area contributed by atoms with Crippen LogP contribution in [0.2, 0.25) is 0 Å². The number of anilines is 1. The monoisotopic (exact) mass is 331 g/mol. The van der Waals surface area contributed by atoms with Crippen LogP contribution in [0.15, 0.2) is 18.2 Å². The molecule has 1 rings (SSSR count). The van der Waals surface area contributed by atoms with Gasteiger partial charge in [-0.2, -0.15) is 8.42 Å². The van der Waals surface area contributed by atoms with E-state index in [1.54, 1.807) is 37.2 Å². The third-order valence-corrected chi connectivity index (χ3v) is 3.88. The molecule has 1 aromatic rings. The molecule has 0 saturated heterocycles. The van der Waals surface area contributed by atoms with Crippen molar-refractivity contribution in [3.05, 3.63) is 23.9 Å². The number of nitrogens with zero attached hydrogens (tertiary/aromatic N) is 2. The summed E-state index contributed by atoms with van der Waals surface area (Å²) in [5.41, 5.74) is 3.67. The van der Waals surface area contributed by atoms with Crippen LogP contribution in [0, 0.1) is 0 Å². The zero-order valence-electron chi connectivity index (χ0n) is 13.0. The number of amides is 1. The molecule has 0 bridgehead atoms. The number of rotatable bonds is 7. The third kappa shape index (κ3) is 4.15. The van der Waals surface area contributed by atoms with E-state index in [1.165, 1.54) is 6.92 Å². The summed E-state index contributed by atoms with van der Waals surface area (Å²) in [5, 5.41) is 9.65. The van der Waals surface area contributed by atoms with Gasteiger partial charge in [-0.05, 0) is 19.1 Å². The number of hydrogen-bond acceptors (Lipinski definition) is 7. The van der Waals surface area contributed by atoms with Gasteiger partial charge < -0.3 is 15.7 Å². The maximum absolute atomic E-state index is 11.8. The van der Waals surface area contributed by atoms with Gasteiger partial charge in [-0.1, -0.05) is 6.07 Å². The van der Waals surface area contributed by atoms with E-state index in [-0.39, 0.29) is 0 Å². The van der Waals surface area contributed by atoms with Crippen LogP contribution in [-0.2, 0) is 19.1 Å². The Hall–Kier alpha value is -1.71. The Morgan fingerprint density at radius 1 is 1.50 bits per heavy atom. The van der Waals surface area contributed by atoms with Crippen molar-refractivity contribution in [1.29, 1.82) is 0 Å². The summed E-state index contributed by atoms with van der Waals surface area (Å²) < 4.78 is 27.8. The molecule has 1 unspecified atom stereocenters. The summed E-state index contributed by atoms with van der Waals surface area (Å²) >= 11 is 0. The fourth-order valence-corrected chi connectivity index (χ4v) is 2.85. The van der Waals surface area contributed by atoms with Gasteiger partial charge in [0.25, 0.3) is 16.0 Å². The molecule has 1 heterocycles. The van der Waals surface area contributed by atoms with Gasteiger partial charge in [-0.3, -0.25) is 8.98 Å². The molecule has 0 spiro atoms. The summed E-state index contributed by atoms with van der Waals surface area (Å²) in [6, 6.07) is 4.99. The number of aliphatic hydroxyl groups is 1. The van der Waals surface area contributed by atoms with Crippen molar-refractivity contribution in [1.82, 2.24) is 4.98 Å². The molecule has 0 aliphatic heterocycles. The first-order chi connectivity index (χ1) is 10.0. The molecule has 0 aliphatic carbocycles. The molecular weight excluding hydrogens is 310 g/mol. The maximum Gasteiger partial charge on any atom is 0.265 e. The number of primary amides is 1. The van der Waals surface area contributed by atoms with E-state index < -0.39 is 34.2 Å². The minimum absolute atomic E-state index is 0.304. The Morgan fingerprint density at radius 2 is 2.09 bits per heavy atom. The van der Waals surface area contributed by atoms with Crippen molar-refractivity contribution in [2.45, 2.75) is 18.4 Å². The van der Waals surface area contributed by atoms with E-state index in [9.17, 15) is 18.3 Å². The predicted molar refractivity (Wildman–Crippen MR) is 81.9 cm³/mol. The highest BCUT2D eigenvalue weighted by Crippen LogP contribution is 2.32. The fourth-order valence-electron chi connectivity index (χ4n) is 2.02. The first-order valence-corrected chi connectivity index (χ1v) is 8.28. The Bertz CT molecular complexity index is 647. The summed E-state index contributed by atoms with van der Waals surface area (Å²) in [7, 11) is -0.410. The Balaban J connectivity index is 3.37. The number of aromatic nitrogens is 1. The Kier molecular flexibility index (Phi) is 5.49. The Morgan fingerprint density at radius 3 is 2.50 bits per heavy atom. The number of carbonyl (C=O) groups excluding carboxylic acids is 1. The number of carbonyl (C=O) groups is 1. The van der Waals surface area contributed by atoms with Crippen molar-refractivity contribution in [3.63, 3.8) is 0 Å². The number of nitrogens with two attached hydrogens (primary N) is 1. The molecule has 1 amide bonds. The van der Waals surface area contributed by atoms with Gasteiger partial charge in [0.05, 0.1) is 24.5 Å². The van der Waals surface area contributed by atoms with Gasteiger partial charge in [0.1, 0.15) is 5.82 Å². The minimum atomic E-state index is -3.97. The average molecular weight is 331 g/mol. The molecule has 0 saturated carbocycles. The van der Waals surface area contributed by atoms with E-state index in [1.807, 2.05) is 0 Å². The topological polar surface area (TPSA) is 123 Å². The first-order valence-electron chi connectivity index (χ1n) is 6.47. The fraction of sp³-hybridized carbons (Fsp3) is 0.538. The number of pyridine rings is 1. The third-order valence-electron chi connectivity index (χ3n) is 3.23. The molecule has 9 heteroatoms. The molecule has 22 heavy (non-hydrogen) atoms. The van der Waals surface area contributed by atoms with Crippen LogP contribution in [0.4, 0.5) is 5.82 Å². The van der Waals surface area contributed by atoms with Crippen LogP contribution < -0.4 is 10.6 Å². The molecule has 3 N–H and O–H groups in total. The van der Waals surface area contributed by atoms with E-state index in [0.717, 1.165) is 6.26 Å². The average Bonchev–Trinajstić information content (AvgIpc) is 2.37. The molecular formula is C13H21N3O5S. The lowest BCUT2D eigenvalue weighted by Gasteiger charge is -2.32. The van der Waals surface area contributed by atoms with Crippen molar-refractivity contribution in [2.24, 2.45) is 5.73 Å². The second-order valence-corrected chi connectivity index (χ2v) is 6.88. The van der Waals surface area contributed by atoms with Crippen LogP contribution in [-0.4, -0.2) is 57.0 Å². The molecule has 0 fully saturated rings. The van der Waals surface area contributed by atoms with Gasteiger partial charge >= 0.3 is 0 Å². The van der Waals surface area contributed by atoms with Crippen molar-refractivity contribution < 1.29 is 22.5 Å². The quantitative estimate of drug-likeness (QED) is 0.642. The van der Waals surface area contributed by atoms with Gasteiger partial charge in [-0.25, -0.2) is 4.98 Å². The molecule has 124 valence electrons. The highest BCUT2D eigenvalue weighted by molar-refractivity contribution is 7.86. The van der Waals surface area contributed by atoms with E-state index in [4.69, 9.17) is 9.92 Å². The normalized spacial score (nSPS) is 15.9. The summed E-state index contributed by atoms with van der Waals surface area (Å²) in [6.45, 7) is 0.667. The lowest BCUT2D eigenvalue weighted by atomic mass is 9.86. The van der Waals surface area contributed by atoms with E-state index in [0.29, 0.717) is 11.5 Å². The first kappa shape index (κ1) is 18.3. The lowest BCUT2D eigenvalue weighted by molar-refractivity contribution is -0.134. The van der Waals surface area contributed by atoms with Crippen molar-refractivity contribution in [2.75, 3.05) is 31.9 Å². The molecule has 8 nitrogen and oxygen atoms in total. The summed E-state index contributed by atoms with van der Waals surface area (Å²) in [4.78, 5) is 17.8. The smallest absolute Gasteiger partial charge is 0.265 e. The van der Waals surface area contributed by atoms with Gasteiger partial charge in [-0.15, -0.1) is 0 Å². The van der Waals surface area contributed by atoms with Crippen LogP contribution in [0.5, 0.6) is 0 Å². The second-order valence-electron chi connectivity index (χ2n) is 5.31. The standard InChI is InChI=1S/C13H21N3O5S/c1-13(12(14)18,21-22(4,19)20)9(8-17)10-6-5-7-11(15-10)16(2)3/h5-7,9,17H,8H2,1-4H3,(H2,14,18)/t9-,13?/m1/s1. The minimum Gasteiger partial charge on any atom is -0.396 e. The van der Waals surface area contributed by atoms with Gasteiger partial charge in [0.15, 0.2) is 5.60 Å². The SMILES string of the molecule is CN(C)c1cccc([C@@H](CO)C(C)(OS(C)(=O)=O)C(N)=O)n1. The predicted octanol–water partition coefficient (Wildman–Crippen LogP) is -0.556. The molecule has 0 radical (unpaired) electrons. The van der Waals surface area contributed by atoms with Crippen LogP contribution in [0.1, 0.15) is 18.5 Å². The summed E-state index contributed by atoms with van der Waals surface area (Å²) in [6.07, 6.45) is 0.812. The molecule has 2 atom stereocenters. The van der Waals surface area contributed by atoms with Crippen molar-refractivity contribution >= 4 is 21.8 Å². The highest BCUT2D eigenvalue weighted by atomic mass is 32.2. The van der Waals surface area contributed by atoms with Crippen molar-refractivity contribution in [3.8, 4) is 0 Å². The zero-order chi connectivity index (χ0) is 17.1. The van der Waals surface area contributed by atoms with E-state index >= 15 is 0 Å². The lowest BCUT2D eigenvalue weighted by Crippen LogP contribution is -2.51. The van der Waals surface area contributed by atoms with Gasteiger partial charge in [0, 0.05) is 14.1 Å². The summed E-state index contributed by atoms with van der Waals surface area (Å²) in [5.74, 6) is -1.45. The largest absolute Gasteiger partial charge is 0.396 e. The van der Waals surface area contributed by atoms with E-state index in [2.05, 4.69) is 4.98 Å². The van der Waals surface area contributed by atoms with Crippen LogP contribution in [0.25, 0.3) is 0 Å². The maximum atomic E-state index is 11.8. The number of hydrogen-bond donors (Lipinski definition) is 2. The Labute approximate surface area is 130 Å². The van der Waals surface area contributed by atoms with Crippen LogP contribution in [0.3, 0.4) is 0 Å². The highest BCUT2D eigenvalue weighted by Gasteiger charge is 2.45. The second kappa shape index (κ2) is 6.59. The van der Waals surface area contributed by atoms with Gasteiger partial charge in [0.2, 0.25) is 0 Å². The molecule has 0 aliphatic rings.